The Kier molecular flexibility index (Phi) is 4.40. The van der Waals surface area contributed by atoms with Crippen LogP contribution in [0.2, 0.25) is 0 Å². The molecule has 3 rings (SSSR count). The number of rotatable bonds is 3. The van der Waals surface area contributed by atoms with Crippen molar-refractivity contribution >= 4 is 5.91 Å². The van der Waals surface area contributed by atoms with Gasteiger partial charge in [-0.05, 0) is 53.8 Å². The van der Waals surface area contributed by atoms with Gasteiger partial charge in [0.15, 0.2) is 0 Å². The van der Waals surface area contributed by atoms with Crippen LogP contribution in [0.25, 0.3) is 0 Å². The van der Waals surface area contributed by atoms with E-state index >= 15 is 0 Å². The molecule has 0 atom stereocenters. The van der Waals surface area contributed by atoms with E-state index in [0.717, 1.165) is 24.9 Å². The number of amides is 1. The van der Waals surface area contributed by atoms with Gasteiger partial charge in [-0.15, -0.1) is 0 Å². The fourth-order valence-electron chi connectivity index (χ4n) is 2.82. The van der Waals surface area contributed by atoms with Gasteiger partial charge in [0.25, 0.3) is 5.91 Å². The van der Waals surface area contributed by atoms with Crippen molar-refractivity contribution in [2.75, 3.05) is 6.54 Å². The van der Waals surface area contributed by atoms with Gasteiger partial charge < -0.3 is 0 Å². The summed E-state index contributed by atoms with van der Waals surface area (Å²) in [7, 11) is 0. The van der Waals surface area contributed by atoms with Crippen LogP contribution in [0.1, 0.15) is 39.5 Å². The average molecular weight is 305 g/mol. The molecule has 0 aliphatic carbocycles. The molecular weight excluding hydrogens is 286 g/mol. The number of aryl methyl sites for hydroxylation is 1. The number of nitrogens with zero attached hydrogens (tertiary/aromatic N) is 2. The largest absolute Gasteiger partial charge is 0.284 e. The predicted octanol–water partition coefficient (Wildman–Crippen LogP) is 2.82. The van der Waals surface area contributed by atoms with Crippen molar-refractivity contribution in [3.8, 4) is 6.07 Å². The van der Waals surface area contributed by atoms with E-state index in [2.05, 4.69) is 18.4 Å². The maximum Gasteiger partial charge on any atom is 0.265 e. The van der Waals surface area contributed by atoms with E-state index in [4.69, 9.17) is 5.26 Å². The second-order valence-corrected chi connectivity index (χ2v) is 5.76. The Morgan fingerprint density at radius 3 is 2.70 bits per heavy atom. The molecule has 1 aliphatic rings. The Morgan fingerprint density at radius 2 is 2.00 bits per heavy atom. The summed E-state index contributed by atoms with van der Waals surface area (Å²) in [5.41, 5.74) is 7.87. The number of hydrogen-bond donors (Lipinski definition) is 1. The quantitative estimate of drug-likeness (QED) is 0.948. The second-order valence-electron chi connectivity index (χ2n) is 5.76. The summed E-state index contributed by atoms with van der Waals surface area (Å²) < 4.78 is 0. The van der Waals surface area contributed by atoms with E-state index in [9.17, 15) is 4.79 Å². The number of fused-ring (bicyclic) bond motifs is 1. The summed E-state index contributed by atoms with van der Waals surface area (Å²) in [5, 5.41) is 10.9. The minimum Gasteiger partial charge on any atom is -0.284 e. The predicted molar refractivity (Wildman–Crippen MR) is 88.6 cm³/mol. The van der Waals surface area contributed by atoms with Crippen LogP contribution in [0.4, 0.5) is 0 Å². The third-order valence-corrected chi connectivity index (χ3v) is 4.23. The highest BCUT2D eigenvalue weighted by Gasteiger charge is 2.18. The van der Waals surface area contributed by atoms with Gasteiger partial charge in [-0.1, -0.05) is 25.1 Å². The van der Waals surface area contributed by atoms with Gasteiger partial charge in [0.05, 0.1) is 11.6 Å². The molecule has 4 nitrogen and oxygen atoms in total. The summed E-state index contributed by atoms with van der Waals surface area (Å²) in [6.45, 7) is 3.50. The topological polar surface area (TPSA) is 56.1 Å². The molecule has 4 heteroatoms. The van der Waals surface area contributed by atoms with Crippen LogP contribution < -0.4 is 5.43 Å². The Bertz CT molecular complexity index is 759. The smallest absolute Gasteiger partial charge is 0.265 e. The number of benzene rings is 2. The first-order valence-electron chi connectivity index (χ1n) is 7.86. The Balaban J connectivity index is 1.68. The SMILES string of the molecule is CCc1ccc(C(=O)NN2CCc3ccc(C#N)cc3C2)cc1. The summed E-state index contributed by atoms with van der Waals surface area (Å²) in [6, 6.07) is 15.6. The highest BCUT2D eigenvalue weighted by molar-refractivity contribution is 5.93. The molecule has 2 aromatic rings. The normalized spacial score (nSPS) is 13.9. The van der Waals surface area contributed by atoms with Gasteiger partial charge in [0.1, 0.15) is 0 Å². The average Bonchev–Trinajstić information content (AvgIpc) is 2.61. The van der Waals surface area contributed by atoms with E-state index < -0.39 is 0 Å². The standard InChI is InChI=1S/C19H19N3O/c1-2-14-3-7-17(8-4-14)19(23)21-22-10-9-16-6-5-15(12-20)11-18(16)13-22/h3-8,11H,2,9-10,13H2,1H3,(H,21,23). The molecule has 0 aromatic heterocycles. The molecule has 1 amide bonds. The summed E-state index contributed by atoms with van der Waals surface area (Å²) in [4.78, 5) is 12.3. The van der Waals surface area contributed by atoms with Crippen molar-refractivity contribution < 1.29 is 4.79 Å². The van der Waals surface area contributed by atoms with Gasteiger partial charge in [0.2, 0.25) is 0 Å². The van der Waals surface area contributed by atoms with Crippen molar-refractivity contribution in [3.63, 3.8) is 0 Å². The highest BCUT2D eigenvalue weighted by atomic mass is 16.2. The number of nitriles is 1. The Morgan fingerprint density at radius 1 is 1.22 bits per heavy atom. The third-order valence-electron chi connectivity index (χ3n) is 4.23. The molecule has 0 saturated carbocycles. The zero-order valence-corrected chi connectivity index (χ0v) is 13.2. The van der Waals surface area contributed by atoms with E-state index in [1.54, 1.807) is 0 Å². The lowest BCUT2D eigenvalue weighted by Crippen LogP contribution is -2.44. The maximum atomic E-state index is 12.3. The molecule has 0 radical (unpaired) electrons. The van der Waals surface area contributed by atoms with Gasteiger partial charge in [-0.3, -0.25) is 10.2 Å². The lowest BCUT2D eigenvalue weighted by molar-refractivity contribution is 0.0764. The second kappa shape index (κ2) is 6.64. The van der Waals surface area contributed by atoms with Crippen LogP contribution in [0, 0.1) is 11.3 Å². The third kappa shape index (κ3) is 3.41. The molecule has 1 heterocycles. The maximum absolute atomic E-state index is 12.3. The van der Waals surface area contributed by atoms with Crippen LogP contribution in [-0.2, 0) is 19.4 Å². The number of nitrogens with one attached hydrogen (secondary N) is 1. The van der Waals surface area contributed by atoms with Gasteiger partial charge in [-0.25, -0.2) is 5.01 Å². The van der Waals surface area contributed by atoms with Crippen molar-refractivity contribution in [2.45, 2.75) is 26.3 Å². The van der Waals surface area contributed by atoms with Crippen molar-refractivity contribution in [3.05, 3.63) is 70.3 Å². The number of carbonyl (C=O) groups is 1. The van der Waals surface area contributed by atoms with E-state index in [1.165, 1.54) is 11.1 Å². The molecule has 0 spiro atoms. The first kappa shape index (κ1) is 15.3. The fourth-order valence-corrected chi connectivity index (χ4v) is 2.82. The van der Waals surface area contributed by atoms with Crippen LogP contribution in [0.15, 0.2) is 42.5 Å². The molecule has 1 aliphatic heterocycles. The van der Waals surface area contributed by atoms with Crippen LogP contribution in [-0.4, -0.2) is 17.5 Å². The Hall–Kier alpha value is -2.64. The summed E-state index contributed by atoms with van der Waals surface area (Å²) in [5.74, 6) is -0.0902. The number of hydrogen-bond acceptors (Lipinski definition) is 3. The molecule has 23 heavy (non-hydrogen) atoms. The van der Waals surface area contributed by atoms with Gasteiger partial charge in [-0.2, -0.15) is 5.26 Å². The lowest BCUT2D eigenvalue weighted by atomic mass is 9.98. The van der Waals surface area contributed by atoms with Crippen molar-refractivity contribution in [2.24, 2.45) is 0 Å². The Labute approximate surface area is 136 Å². The minimum absolute atomic E-state index is 0.0902. The summed E-state index contributed by atoms with van der Waals surface area (Å²) in [6.07, 6.45) is 1.84. The number of hydrazine groups is 1. The molecule has 2 aromatic carbocycles. The van der Waals surface area contributed by atoms with Gasteiger partial charge in [0, 0.05) is 18.7 Å². The van der Waals surface area contributed by atoms with Crippen LogP contribution in [0.3, 0.4) is 0 Å². The molecule has 0 fully saturated rings. The van der Waals surface area contributed by atoms with Crippen molar-refractivity contribution in [1.29, 1.82) is 5.26 Å². The first-order chi connectivity index (χ1) is 11.2. The summed E-state index contributed by atoms with van der Waals surface area (Å²) >= 11 is 0. The molecule has 0 bridgehead atoms. The van der Waals surface area contributed by atoms with Crippen LogP contribution >= 0.6 is 0 Å². The lowest BCUT2D eigenvalue weighted by Gasteiger charge is -2.29. The monoisotopic (exact) mass is 305 g/mol. The molecular formula is C19H19N3O. The first-order valence-corrected chi connectivity index (χ1v) is 7.86. The highest BCUT2D eigenvalue weighted by Crippen LogP contribution is 2.19. The molecule has 1 N–H and O–H groups in total. The van der Waals surface area contributed by atoms with E-state index in [0.29, 0.717) is 17.7 Å². The van der Waals surface area contributed by atoms with E-state index in [1.807, 2.05) is 47.5 Å². The van der Waals surface area contributed by atoms with E-state index in [-0.39, 0.29) is 5.91 Å². The molecule has 0 saturated heterocycles. The van der Waals surface area contributed by atoms with Crippen molar-refractivity contribution in [1.82, 2.24) is 10.4 Å². The minimum atomic E-state index is -0.0902. The fraction of sp³-hybridized carbons (Fsp3) is 0.263. The number of carbonyl (C=O) groups excluding carboxylic acids is 1. The molecule has 0 unspecified atom stereocenters. The molecule has 116 valence electrons. The zero-order valence-electron chi connectivity index (χ0n) is 13.2. The van der Waals surface area contributed by atoms with Gasteiger partial charge >= 0.3 is 0 Å². The van der Waals surface area contributed by atoms with Crippen LogP contribution in [0.5, 0.6) is 0 Å². The zero-order chi connectivity index (χ0) is 16.2.